The zero-order valence-corrected chi connectivity index (χ0v) is 11.6. The predicted molar refractivity (Wildman–Crippen MR) is 74.0 cm³/mol. The van der Waals surface area contributed by atoms with Gasteiger partial charge in [0.2, 0.25) is 0 Å². The van der Waals surface area contributed by atoms with Gasteiger partial charge in [-0.3, -0.25) is 4.79 Å². The van der Waals surface area contributed by atoms with Crippen molar-refractivity contribution in [3.63, 3.8) is 0 Å². The molecule has 0 saturated carbocycles. The Balaban J connectivity index is 2.59. The molecule has 0 fully saturated rings. The molecule has 0 aliphatic heterocycles. The fourth-order valence-electron chi connectivity index (χ4n) is 1.77. The van der Waals surface area contributed by atoms with Crippen LogP contribution in [-0.2, 0) is 11.2 Å². The van der Waals surface area contributed by atoms with E-state index in [4.69, 9.17) is 14.6 Å². The molecule has 0 atom stereocenters. The molecule has 0 unspecified atom stereocenters. The van der Waals surface area contributed by atoms with Crippen molar-refractivity contribution in [3.05, 3.63) is 23.8 Å². The molecule has 0 amide bonds. The van der Waals surface area contributed by atoms with Crippen LogP contribution >= 0.6 is 0 Å². The molecular formula is C15H22O4. The normalized spacial score (nSPS) is 10.2. The number of carboxylic acid groups (broad SMARTS) is 1. The zero-order valence-electron chi connectivity index (χ0n) is 11.6. The summed E-state index contributed by atoms with van der Waals surface area (Å²) in [5.41, 5.74) is 0.945. The molecule has 1 N–H and O–H groups in total. The number of methoxy groups -OCH3 is 1. The Morgan fingerprint density at radius 1 is 1.26 bits per heavy atom. The molecule has 0 radical (unpaired) electrons. The fourth-order valence-corrected chi connectivity index (χ4v) is 1.77. The number of ether oxygens (including phenoxy) is 2. The first-order valence-corrected chi connectivity index (χ1v) is 6.69. The van der Waals surface area contributed by atoms with E-state index in [1.54, 1.807) is 7.11 Å². The number of aryl methyl sites for hydroxylation is 1. The van der Waals surface area contributed by atoms with Crippen LogP contribution in [0.15, 0.2) is 18.2 Å². The molecule has 0 aliphatic rings. The number of unbranched alkanes of at least 4 members (excludes halogenated alkanes) is 2. The van der Waals surface area contributed by atoms with Crippen LogP contribution in [0, 0.1) is 0 Å². The Labute approximate surface area is 114 Å². The second kappa shape index (κ2) is 8.40. The molecule has 0 saturated heterocycles. The quantitative estimate of drug-likeness (QED) is 0.697. The number of rotatable bonds is 9. The van der Waals surface area contributed by atoms with E-state index in [2.05, 4.69) is 6.92 Å². The van der Waals surface area contributed by atoms with E-state index in [-0.39, 0.29) is 6.42 Å². The molecule has 4 nitrogen and oxygen atoms in total. The highest BCUT2D eigenvalue weighted by Crippen LogP contribution is 2.28. The first kappa shape index (κ1) is 15.3. The summed E-state index contributed by atoms with van der Waals surface area (Å²) in [5, 5.41) is 8.67. The number of hydrogen-bond donors (Lipinski definition) is 1. The Kier molecular flexibility index (Phi) is 6.79. The van der Waals surface area contributed by atoms with Gasteiger partial charge in [-0.05, 0) is 30.5 Å². The van der Waals surface area contributed by atoms with Gasteiger partial charge >= 0.3 is 5.97 Å². The molecule has 19 heavy (non-hydrogen) atoms. The summed E-state index contributed by atoms with van der Waals surface area (Å²) in [6.07, 6.45) is 3.97. The third kappa shape index (κ3) is 5.64. The van der Waals surface area contributed by atoms with Crippen molar-refractivity contribution in [2.45, 2.75) is 39.0 Å². The minimum absolute atomic E-state index is 0.125. The summed E-state index contributed by atoms with van der Waals surface area (Å²) in [6, 6.07) is 5.58. The van der Waals surface area contributed by atoms with E-state index in [0.29, 0.717) is 18.8 Å². The van der Waals surface area contributed by atoms with E-state index in [1.807, 2.05) is 18.2 Å². The molecule has 4 heteroatoms. The highest BCUT2D eigenvalue weighted by molar-refractivity contribution is 5.67. The lowest BCUT2D eigenvalue weighted by Gasteiger charge is -2.11. The third-order valence-corrected chi connectivity index (χ3v) is 2.86. The van der Waals surface area contributed by atoms with Gasteiger partial charge in [-0.1, -0.05) is 25.8 Å². The second-order valence-electron chi connectivity index (χ2n) is 4.43. The van der Waals surface area contributed by atoms with Crippen molar-refractivity contribution in [3.8, 4) is 11.5 Å². The fraction of sp³-hybridized carbons (Fsp3) is 0.533. The van der Waals surface area contributed by atoms with Crippen molar-refractivity contribution in [1.29, 1.82) is 0 Å². The molecule has 0 bridgehead atoms. The molecule has 106 valence electrons. The molecule has 0 spiro atoms. The van der Waals surface area contributed by atoms with Gasteiger partial charge in [0.05, 0.1) is 13.7 Å². The minimum Gasteiger partial charge on any atom is -0.493 e. The zero-order chi connectivity index (χ0) is 14.1. The Hall–Kier alpha value is -1.71. The van der Waals surface area contributed by atoms with Crippen LogP contribution in [0.2, 0.25) is 0 Å². The number of carbonyl (C=O) groups is 1. The molecule has 1 aromatic carbocycles. The van der Waals surface area contributed by atoms with Crippen LogP contribution in [0.3, 0.4) is 0 Å². The van der Waals surface area contributed by atoms with Crippen molar-refractivity contribution < 1.29 is 19.4 Å². The van der Waals surface area contributed by atoms with Gasteiger partial charge in [-0.15, -0.1) is 0 Å². The number of hydrogen-bond acceptors (Lipinski definition) is 3. The lowest BCUT2D eigenvalue weighted by Crippen LogP contribution is -2.01. The average molecular weight is 266 g/mol. The van der Waals surface area contributed by atoms with Gasteiger partial charge in [-0.25, -0.2) is 0 Å². The SMILES string of the molecule is CCCCCOc1ccc(CCC(=O)O)cc1OC. The number of aliphatic carboxylic acids is 1. The molecule has 0 aromatic heterocycles. The molecule has 0 aliphatic carbocycles. The Bertz CT molecular complexity index is 401. The number of benzene rings is 1. The summed E-state index contributed by atoms with van der Waals surface area (Å²) in [7, 11) is 1.59. The molecular weight excluding hydrogens is 244 g/mol. The Morgan fingerprint density at radius 3 is 2.68 bits per heavy atom. The van der Waals surface area contributed by atoms with Crippen molar-refractivity contribution >= 4 is 5.97 Å². The summed E-state index contributed by atoms with van der Waals surface area (Å²) in [6.45, 7) is 2.83. The van der Waals surface area contributed by atoms with Crippen LogP contribution in [0.25, 0.3) is 0 Å². The van der Waals surface area contributed by atoms with Crippen LogP contribution in [0.5, 0.6) is 11.5 Å². The smallest absolute Gasteiger partial charge is 0.303 e. The first-order valence-electron chi connectivity index (χ1n) is 6.69. The monoisotopic (exact) mass is 266 g/mol. The van der Waals surface area contributed by atoms with Crippen LogP contribution in [0.1, 0.15) is 38.2 Å². The highest BCUT2D eigenvalue weighted by atomic mass is 16.5. The lowest BCUT2D eigenvalue weighted by molar-refractivity contribution is -0.136. The van der Waals surface area contributed by atoms with Crippen LogP contribution < -0.4 is 9.47 Å². The van der Waals surface area contributed by atoms with E-state index in [0.717, 1.165) is 30.6 Å². The summed E-state index contributed by atoms with van der Waals surface area (Å²) >= 11 is 0. The second-order valence-corrected chi connectivity index (χ2v) is 4.43. The topological polar surface area (TPSA) is 55.8 Å². The third-order valence-electron chi connectivity index (χ3n) is 2.86. The van der Waals surface area contributed by atoms with Gasteiger partial charge < -0.3 is 14.6 Å². The lowest BCUT2D eigenvalue weighted by atomic mass is 10.1. The van der Waals surface area contributed by atoms with Crippen molar-refractivity contribution in [1.82, 2.24) is 0 Å². The van der Waals surface area contributed by atoms with Gasteiger partial charge in [0.1, 0.15) is 0 Å². The predicted octanol–water partition coefficient (Wildman–Crippen LogP) is 3.28. The van der Waals surface area contributed by atoms with Gasteiger partial charge in [0, 0.05) is 6.42 Å². The average Bonchev–Trinajstić information content (AvgIpc) is 2.42. The van der Waals surface area contributed by atoms with E-state index >= 15 is 0 Å². The molecule has 1 rings (SSSR count). The summed E-state index contributed by atoms with van der Waals surface area (Å²) < 4.78 is 10.9. The Morgan fingerprint density at radius 2 is 2.05 bits per heavy atom. The maximum absolute atomic E-state index is 10.5. The number of carboxylic acids is 1. The van der Waals surface area contributed by atoms with Gasteiger partial charge in [0.15, 0.2) is 11.5 Å². The summed E-state index contributed by atoms with van der Waals surface area (Å²) in [4.78, 5) is 10.5. The van der Waals surface area contributed by atoms with Crippen LogP contribution in [-0.4, -0.2) is 24.8 Å². The maximum atomic E-state index is 10.5. The van der Waals surface area contributed by atoms with E-state index in [1.165, 1.54) is 0 Å². The first-order chi connectivity index (χ1) is 9.17. The van der Waals surface area contributed by atoms with Gasteiger partial charge in [0.25, 0.3) is 0 Å². The highest BCUT2D eigenvalue weighted by Gasteiger charge is 2.07. The van der Waals surface area contributed by atoms with Crippen molar-refractivity contribution in [2.24, 2.45) is 0 Å². The van der Waals surface area contributed by atoms with Crippen LogP contribution in [0.4, 0.5) is 0 Å². The maximum Gasteiger partial charge on any atom is 0.303 e. The van der Waals surface area contributed by atoms with E-state index in [9.17, 15) is 4.79 Å². The van der Waals surface area contributed by atoms with E-state index < -0.39 is 5.97 Å². The largest absolute Gasteiger partial charge is 0.493 e. The molecule has 0 heterocycles. The standard InChI is InChI=1S/C15H22O4/c1-3-4-5-10-19-13-8-6-12(7-9-15(16)17)11-14(13)18-2/h6,8,11H,3-5,7,9-10H2,1-2H3,(H,16,17). The molecule has 1 aromatic rings. The minimum atomic E-state index is -0.793. The summed E-state index contributed by atoms with van der Waals surface area (Å²) in [5.74, 6) is 0.593. The van der Waals surface area contributed by atoms with Gasteiger partial charge in [-0.2, -0.15) is 0 Å². The van der Waals surface area contributed by atoms with Crippen molar-refractivity contribution in [2.75, 3.05) is 13.7 Å².